The second kappa shape index (κ2) is 11.5. The van der Waals surface area contributed by atoms with Crippen LogP contribution >= 0.6 is 0 Å². The van der Waals surface area contributed by atoms with Crippen LogP contribution in [0.2, 0.25) is 0 Å². The number of rotatable bonds is 5. The van der Waals surface area contributed by atoms with Crippen molar-refractivity contribution in [1.29, 1.82) is 0 Å². The zero-order chi connectivity index (χ0) is 33.9. The third-order valence-corrected chi connectivity index (χ3v) is 10.6. The summed E-state index contributed by atoms with van der Waals surface area (Å²) in [5, 5.41) is 2.18. The highest BCUT2D eigenvalue weighted by Crippen LogP contribution is 2.52. The van der Waals surface area contributed by atoms with Gasteiger partial charge in [0.2, 0.25) is 0 Å². The number of fused-ring (bicyclic) bond motifs is 6. The van der Waals surface area contributed by atoms with Gasteiger partial charge in [0, 0.05) is 32.9 Å². The van der Waals surface area contributed by atoms with E-state index >= 15 is 0 Å². The van der Waals surface area contributed by atoms with Crippen LogP contribution in [0.25, 0.3) is 78.1 Å². The molecule has 0 saturated heterocycles. The first-order valence-electron chi connectivity index (χ1n) is 17.4. The molecule has 0 unspecified atom stereocenters. The lowest BCUT2D eigenvalue weighted by molar-refractivity contribution is 0.669. The molecule has 3 nitrogen and oxygen atoms in total. The summed E-state index contributed by atoms with van der Waals surface area (Å²) in [6, 6.07) is 62.2. The van der Waals surface area contributed by atoms with E-state index in [9.17, 15) is 0 Å². The molecule has 0 radical (unpaired) electrons. The van der Waals surface area contributed by atoms with Gasteiger partial charge in [-0.2, -0.15) is 0 Å². The average molecular weight is 653 g/mol. The molecule has 0 N–H and O–H groups in total. The van der Waals surface area contributed by atoms with Crippen LogP contribution in [0.15, 0.2) is 180 Å². The lowest BCUT2D eigenvalue weighted by Crippen LogP contribution is -2.22. The predicted octanol–water partition coefficient (Wildman–Crippen LogP) is 12.4. The van der Waals surface area contributed by atoms with E-state index in [0.29, 0.717) is 5.82 Å². The fourth-order valence-electron chi connectivity index (χ4n) is 7.96. The van der Waals surface area contributed by atoms with Crippen molar-refractivity contribution in [3.05, 3.63) is 193 Å². The van der Waals surface area contributed by atoms with E-state index in [-0.39, 0.29) is 5.41 Å². The average Bonchev–Trinajstić information content (AvgIpc) is 3.71. The Morgan fingerprint density at radius 2 is 0.980 bits per heavy atom. The lowest BCUT2D eigenvalue weighted by Gasteiger charge is -2.28. The summed E-state index contributed by atoms with van der Waals surface area (Å²) in [5.41, 5.74) is 15.3. The monoisotopic (exact) mass is 652 g/mol. The van der Waals surface area contributed by atoms with Crippen LogP contribution in [-0.4, -0.2) is 9.97 Å². The second-order valence-electron chi connectivity index (χ2n) is 13.5. The van der Waals surface area contributed by atoms with Crippen LogP contribution in [0.5, 0.6) is 0 Å². The fourth-order valence-corrected chi connectivity index (χ4v) is 7.96. The maximum Gasteiger partial charge on any atom is 0.160 e. The van der Waals surface area contributed by atoms with Crippen molar-refractivity contribution >= 4 is 21.9 Å². The number of furan rings is 1. The van der Waals surface area contributed by atoms with Gasteiger partial charge in [0.05, 0.1) is 11.4 Å². The molecule has 0 spiro atoms. The van der Waals surface area contributed by atoms with Gasteiger partial charge in [-0.1, -0.05) is 140 Å². The molecule has 0 fully saturated rings. The first-order valence-corrected chi connectivity index (χ1v) is 17.4. The maximum absolute atomic E-state index is 6.12. The third-order valence-electron chi connectivity index (χ3n) is 10.6. The summed E-state index contributed by atoms with van der Waals surface area (Å²) in [4.78, 5) is 10.2. The van der Waals surface area contributed by atoms with E-state index in [4.69, 9.17) is 14.4 Å². The second-order valence-corrected chi connectivity index (χ2v) is 13.5. The summed E-state index contributed by atoms with van der Waals surface area (Å²) in [5.74, 6) is 0.695. The third kappa shape index (κ3) is 4.74. The summed E-state index contributed by atoms with van der Waals surface area (Å²) in [6.45, 7) is 2.36. The Morgan fingerprint density at radius 1 is 0.412 bits per heavy atom. The van der Waals surface area contributed by atoms with Crippen molar-refractivity contribution in [1.82, 2.24) is 9.97 Å². The Kier molecular flexibility index (Phi) is 6.62. The fraction of sp³-hybridized carbons (Fsp3) is 0.0417. The first-order chi connectivity index (χ1) is 25.1. The predicted molar refractivity (Wildman–Crippen MR) is 208 cm³/mol. The van der Waals surface area contributed by atoms with Crippen molar-refractivity contribution < 1.29 is 4.42 Å². The molecule has 0 aliphatic heterocycles. The molecular formula is C48H32N2O. The molecule has 7 aromatic carbocycles. The van der Waals surface area contributed by atoms with Crippen LogP contribution in [-0.2, 0) is 5.41 Å². The van der Waals surface area contributed by atoms with E-state index in [2.05, 4.69) is 140 Å². The van der Waals surface area contributed by atoms with Crippen molar-refractivity contribution in [3.63, 3.8) is 0 Å². The van der Waals surface area contributed by atoms with Crippen LogP contribution in [0.4, 0.5) is 0 Å². The summed E-state index contributed by atoms with van der Waals surface area (Å²) in [6.07, 6.45) is 0. The van der Waals surface area contributed by atoms with Gasteiger partial charge in [-0.3, -0.25) is 0 Å². The van der Waals surface area contributed by atoms with Crippen LogP contribution in [0, 0.1) is 0 Å². The first kappa shape index (κ1) is 29.3. The lowest BCUT2D eigenvalue weighted by atomic mass is 9.74. The standard InChI is InChI=1S/C48H32N2O/c1-48(41-19-8-5-16-37(41)38-17-6-9-20-42(38)48)36-25-22-31(23-26-36)33-14-11-15-34(28-33)43-30-44(50-47(49-43)32-12-3-2-4-13-32)35-24-27-46-40(29-35)39-18-7-10-21-45(39)51-46/h2-30H,1H3. The quantitative estimate of drug-likeness (QED) is 0.186. The Morgan fingerprint density at radius 3 is 1.73 bits per heavy atom. The minimum Gasteiger partial charge on any atom is -0.456 e. The molecular weight excluding hydrogens is 621 g/mol. The largest absolute Gasteiger partial charge is 0.456 e. The minimum absolute atomic E-state index is 0.218. The molecule has 0 bridgehead atoms. The molecule has 10 rings (SSSR count). The van der Waals surface area contributed by atoms with Crippen molar-refractivity contribution in [2.75, 3.05) is 0 Å². The summed E-state index contributed by atoms with van der Waals surface area (Å²) in [7, 11) is 0. The molecule has 1 aliphatic carbocycles. The van der Waals surface area contributed by atoms with Gasteiger partial charge >= 0.3 is 0 Å². The van der Waals surface area contributed by atoms with Crippen LogP contribution in [0.1, 0.15) is 23.6 Å². The Bertz CT molecular complexity index is 2710. The van der Waals surface area contributed by atoms with E-state index in [1.54, 1.807) is 0 Å². The van der Waals surface area contributed by atoms with E-state index in [1.807, 2.05) is 42.5 Å². The molecule has 0 amide bonds. The normalized spacial score (nSPS) is 13.0. The van der Waals surface area contributed by atoms with Gasteiger partial charge in [0.15, 0.2) is 5.82 Å². The zero-order valence-corrected chi connectivity index (χ0v) is 28.0. The number of benzene rings is 7. The van der Waals surface area contributed by atoms with Gasteiger partial charge in [0.1, 0.15) is 11.2 Å². The minimum atomic E-state index is -0.218. The van der Waals surface area contributed by atoms with Crippen LogP contribution in [0.3, 0.4) is 0 Å². The molecule has 2 aromatic heterocycles. The van der Waals surface area contributed by atoms with Gasteiger partial charge in [-0.05, 0) is 82.3 Å². The highest BCUT2D eigenvalue weighted by Gasteiger charge is 2.40. The summed E-state index contributed by atoms with van der Waals surface area (Å²) < 4.78 is 6.12. The molecule has 1 aliphatic rings. The molecule has 240 valence electrons. The zero-order valence-electron chi connectivity index (χ0n) is 28.0. The van der Waals surface area contributed by atoms with E-state index in [0.717, 1.165) is 55.6 Å². The number of aromatic nitrogens is 2. The Balaban J connectivity index is 1.05. The van der Waals surface area contributed by atoms with Gasteiger partial charge in [-0.15, -0.1) is 0 Å². The Hall–Kier alpha value is -6.58. The highest BCUT2D eigenvalue weighted by molar-refractivity contribution is 6.06. The van der Waals surface area contributed by atoms with Gasteiger partial charge in [-0.25, -0.2) is 9.97 Å². The van der Waals surface area contributed by atoms with Crippen LogP contribution < -0.4 is 0 Å². The number of hydrogen-bond acceptors (Lipinski definition) is 3. The van der Waals surface area contributed by atoms with E-state index in [1.165, 1.54) is 33.4 Å². The maximum atomic E-state index is 6.12. The van der Waals surface area contributed by atoms with Gasteiger partial charge in [0.25, 0.3) is 0 Å². The number of nitrogens with zero attached hydrogens (tertiary/aromatic N) is 2. The summed E-state index contributed by atoms with van der Waals surface area (Å²) >= 11 is 0. The SMILES string of the molecule is CC1(c2ccc(-c3cccc(-c4cc(-c5ccc6oc7ccccc7c6c5)nc(-c5ccccc5)n4)c3)cc2)c2ccccc2-c2ccccc21. The number of hydrogen-bond donors (Lipinski definition) is 0. The van der Waals surface area contributed by atoms with Crippen molar-refractivity contribution in [2.45, 2.75) is 12.3 Å². The number of para-hydroxylation sites is 1. The van der Waals surface area contributed by atoms with Gasteiger partial charge < -0.3 is 4.42 Å². The highest BCUT2D eigenvalue weighted by atomic mass is 16.3. The molecule has 2 heterocycles. The molecule has 3 heteroatoms. The molecule has 51 heavy (non-hydrogen) atoms. The van der Waals surface area contributed by atoms with Crippen molar-refractivity contribution in [3.8, 4) is 56.2 Å². The smallest absolute Gasteiger partial charge is 0.160 e. The molecule has 0 saturated carbocycles. The molecule has 0 atom stereocenters. The Labute approximate surface area is 296 Å². The molecule has 9 aromatic rings. The van der Waals surface area contributed by atoms with E-state index < -0.39 is 0 Å². The van der Waals surface area contributed by atoms with Crippen molar-refractivity contribution in [2.24, 2.45) is 0 Å². The topological polar surface area (TPSA) is 38.9 Å².